The lowest BCUT2D eigenvalue weighted by atomic mass is 10.1. The zero-order valence-electron chi connectivity index (χ0n) is 11.0. The summed E-state index contributed by atoms with van der Waals surface area (Å²) in [5.74, 6) is -0.185. The van der Waals surface area contributed by atoms with Crippen molar-refractivity contribution < 1.29 is 4.79 Å². The molecule has 0 unspecified atom stereocenters. The largest absolute Gasteiger partial charge is 0.350 e. The number of carbonyl (C=O) groups excluding carboxylic acids is 1. The van der Waals surface area contributed by atoms with Crippen LogP contribution in [0.15, 0.2) is 42.7 Å². The number of benzene rings is 1. The summed E-state index contributed by atoms with van der Waals surface area (Å²) in [7, 11) is 0. The molecule has 1 amide bonds. The summed E-state index contributed by atoms with van der Waals surface area (Å²) in [6.07, 6.45) is 3.34. The van der Waals surface area contributed by atoms with E-state index in [-0.39, 0.29) is 5.91 Å². The third-order valence-corrected chi connectivity index (χ3v) is 3.22. The molecule has 21 heavy (non-hydrogen) atoms. The van der Waals surface area contributed by atoms with Gasteiger partial charge in [0.1, 0.15) is 5.15 Å². The lowest BCUT2D eigenvalue weighted by molar-refractivity contribution is 0.0953. The Morgan fingerprint density at radius 2 is 2.19 bits per heavy atom. The Kier molecular flexibility index (Phi) is 3.79. The first kappa shape index (κ1) is 13.5. The highest BCUT2D eigenvalue weighted by atomic mass is 35.5. The molecule has 0 aliphatic carbocycles. The summed E-state index contributed by atoms with van der Waals surface area (Å²) in [4.78, 5) is 16.5. The molecule has 2 heterocycles. The normalized spacial score (nSPS) is 10.7. The van der Waals surface area contributed by atoms with E-state index >= 15 is 0 Å². The van der Waals surface area contributed by atoms with Crippen LogP contribution in [0.4, 0.5) is 0 Å². The van der Waals surface area contributed by atoms with Gasteiger partial charge in [-0.2, -0.15) is 0 Å². The van der Waals surface area contributed by atoms with Crippen LogP contribution < -0.4 is 5.32 Å². The van der Waals surface area contributed by atoms with E-state index in [1.54, 1.807) is 23.1 Å². The van der Waals surface area contributed by atoms with Gasteiger partial charge >= 0.3 is 0 Å². The second kappa shape index (κ2) is 5.88. The van der Waals surface area contributed by atoms with Crippen LogP contribution in [0.3, 0.4) is 0 Å². The fourth-order valence-electron chi connectivity index (χ4n) is 2.06. The van der Waals surface area contributed by atoms with Crippen LogP contribution >= 0.6 is 11.6 Å². The first-order chi connectivity index (χ1) is 10.2. The molecular formula is C14H12ClN5O. The number of nitrogens with one attached hydrogen (secondary N) is 1. The molecular weight excluding hydrogens is 290 g/mol. The first-order valence-electron chi connectivity index (χ1n) is 6.41. The maximum atomic E-state index is 12.3. The molecule has 3 rings (SSSR count). The highest BCUT2D eigenvalue weighted by molar-refractivity contribution is 6.30. The number of carbonyl (C=O) groups is 1. The molecule has 0 saturated carbocycles. The fraction of sp³-hybridized carbons (Fsp3) is 0.143. The van der Waals surface area contributed by atoms with Crippen molar-refractivity contribution in [2.75, 3.05) is 6.54 Å². The van der Waals surface area contributed by atoms with E-state index in [2.05, 4.69) is 20.6 Å². The second-order valence-corrected chi connectivity index (χ2v) is 4.82. The minimum Gasteiger partial charge on any atom is -0.350 e. The van der Waals surface area contributed by atoms with Gasteiger partial charge in [0.05, 0.1) is 23.8 Å². The minimum absolute atomic E-state index is 0.185. The van der Waals surface area contributed by atoms with Gasteiger partial charge in [0.15, 0.2) is 0 Å². The molecule has 0 saturated heterocycles. The van der Waals surface area contributed by atoms with Crippen LogP contribution in [0.25, 0.3) is 10.9 Å². The Morgan fingerprint density at radius 3 is 3.00 bits per heavy atom. The fourth-order valence-corrected chi connectivity index (χ4v) is 2.26. The maximum absolute atomic E-state index is 12.3. The van der Waals surface area contributed by atoms with Gasteiger partial charge in [0.25, 0.3) is 5.91 Å². The molecule has 0 bridgehead atoms. The highest BCUT2D eigenvalue weighted by Crippen LogP contribution is 2.20. The standard InChI is InChI=1S/C14H12ClN5O/c15-13-9-11(10-3-1-2-4-12(10)18-13)14(21)16-5-7-20-8-6-17-19-20/h1-4,6,8-9H,5,7H2,(H,16,21). The molecule has 0 fully saturated rings. The lowest BCUT2D eigenvalue weighted by Crippen LogP contribution is -2.27. The summed E-state index contributed by atoms with van der Waals surface area (Å²) in [6.45, 7) is 1.01. The number of amides is 1. The molecule has 7 heteroatoms. The number of pyridine rings is 1. The predicted molar refractivity (Wildman–Crippen MR) is 79.1 cm³/mol. The van der Waals surface area contributed by atoms with Gasteiger partial charge in [-0.1, -0.05) is 35.0 Å². The maximum Gasteiger partial charge on any atom is 0.252 e. The van der Waals surface area contributed by atoms with Crippen molar-refractivity contribution in [3.05, 3.63) is 53.4 Å². The van der Waals surface area contributed by atoms with E-state index in [9.17, 15) is 4.79 Å². The molecule has 0 spiro atoms. The van der Waals surface area contributed by atoms with Crippen molar-refractivity contribution in [2.24, 2.45) is 0 Å². The molecule has 2 aromatic heterocycles. The van der Waals surface area contributed by atoms with Gasteiger partial charge in [0.2, 0.25) is 0 Å². The third kappa shape index (κ3) is 3.00. The summed E-state index contributed by atoms with van der Waals surface area (Å²) in [5, 5.41) is 11.5. The van der Waals surface area contributed by atoms with E-state index in [4.69, 9.17) is 11.6 Å². The highest BCUT2D eigenvalue weighted by Gasteiger charge is 2.11. The van der Waals surface area contributed by atoms with Crippen molar-refractivity contribution in [3.8, 4) is 0 Å². The number of hydrogen-bond acceptors (Lipinski definition) is 4. The molecule has 0 aliphatic heterocycles. The van der Waals surface area contributed by atoms with E-state index in [1.165, 1.54) is 0 Å². The van der Waals surface area contributed by atoms with Crippen LogP contribution in [-0.4, -0.2) is 32.4 Å². The topological polar surface area (TPSA) is 72.7 Å². The minimum atomic E-state index is -0.185. The summed E-state index contributed by atoms with van der Waals surface area (Å²) >= 11 is 5.97. The van der Waals surface area contributed by atoms with Crippen LogP contribution in [0, 0.1) is 0 Å². The second-order valence-electron chi connectivity index (χ2n) is 4.43. The van der Waals surface area contributed by atoms with E-state index < -0.39 is 0 Å². The Balaban J connectivity index is 1.78. The van der Waals surface area contributed by atoms with Crippen LogP contribution in [0.5, 0.6) is 0 Å². The zero-order chi connectivity index (χ0) is 14.7. The van der Waals surface area contributed by atoms with E-state index in [1.807, 2.05) is 24.3 Å². The lowest BCUT2D eigenvalue weighted by Gasteiger charge is -2.08. The summed E-state index contributed by atoms with van der Waals surface area (Å²) in [6, 6.07) is 8.98. The van der Waals surface area contributed by atoms with E-state index in [0.717, 1.165) is 5.39 Å². The van der Waals surface area contributed by atoms with E-state index in [0.29, 0.717) is 29.3 Å². The summed E-state index contributed by atoms with van der Waals surface area (Å²) in [5.41, 5.74) is 1.22. The van der Waals surface area contributed by atoms with Crippen LogP contribution in [0.1, 0.15) is 10.4 Å². The molecule has 0 radical (unpaired) electrons. The average molecular weight is 302 g/mol. The molecule has 0 atom stereocenters. The van der Waals surface area contributed by atoms with Gasteiger partial charge in [0, 0.05) is 18.1 Å². The monoisotopic (exact) mass is 301 g/mol. The van der Waals surface area contributed by atoms with Gasteiger partial charge in [-0.25, -0.2) is 4.98 Å². The van der Waals surface area contributed by atoms with Gasteiger partial charge in [-0.3, -0.25) is 9.48 Å². The van der Waals surface area contributed by atoms with Gasteiger partial charge in [-0.05, 0) is 12.1 Å². The van der Waals surface area contributed by atoms with Gasteiger partial charge in [-0.15, -0.1) is 5.10 Å². The number of halogens is 1. The Labute approximate surface area is 125 Å². The predicted octanol–water partition coefficient (Wildman–Crippen LogP) is 1.91. The number of rotatable bonds is 4. The van der Waals surface area contributed by atoms with Crippen molar-refractivity contribution in [1.29, 1.82) is 0 Å². The molecule has 106 valence electrons. The number of nitrogens with zero attached hydrogens (tertiary/aromatic N) is 4. The first-order valence-corrected chi connectivity index (χ1v) is 6.79. The zero-order valence-corrected chi connectivity index (χ0v) is 11.8. The number of fused-ring (bicyclic) bond motifs is 1. The Bertz CT molecular complexity index is 772. The molecule has 1 aromatic carbocycles. The molecule has 3 aromatic rings. The molecule has 1 N–H and O–H groups in total. The van der Waals surface area contributed by atoms with Gasteiger partial charge < -0.3 is 5.32 Å². The molecule has 0 aliphatic rings. The van der Waals surface area contributed by atoms with Crippen molar-refractivity contribution in [3.63, 3.8) is 0 Å². The Hall–Kier alpha value is -2.47. The van der Waals surface area contributed by atoms with Crippen molar-refractivity contribution >= 4 is 28.4 Å². The smallest absolute Gasteiger partial charge is 0.252 e. The number of para-hydroxylation sites is 1. The average Bonchev–Trinajstić information content (AvgIpc) is 2.99. The number of aromatic nitrogens is 4. The number of hydrogen-bond donors (Lipinski definition) is 1. The summed E-state index contributed by atoms with van der Waals surface area (Å²) < 4.78 is 1.65. The van der Waals surface area contributed by atoms with Crippen molar-refractivity contribution in [1.82, 2.24) is 25.3 Å². The third-order valence-electron chi connectivity index (χ3n) is 3.03. The van der Waals surface area contributed by atoms with Crippen molar-refractivity contribution in [2.45, 2.75) is 6.54 Å². The molecule has 6 nitrogen and oxygen atoms in total. The van der Waals surface area contributed by atoms with Crippen LogP contribution in [-0.2, 0) is 6.54 Å². The SMILES string of the molecule is O=C(NCCn1ccnn1)c1cc(Cl)nc2ccccc12. The quantitative estimate of drug-likeness (QED) is 0.747. The Morgan fingerprint density at radius 1 is 1.33 bits per heavy atom. The van der Waals surface area contributed by atoms with Crippen LogP contribution in [0.2, 0.25) is 5.15 Å².